The molecule has 1 rings (SSSR count). The fraction of sp³-hybridized carbons (Fsp3) is 0.900. The van der Waals surface area contributed by atoms with Crippen molar-refractivity contribution >= 4 is 5.91 Å². The highest BCUT2D eigenvalue weighted by Crippen LogP contribution is 2.14. The molecule has 1 saturated heterocycles. The number of hydrogen-bond acceptors (Lipinski definition) is 2. The van der Waals surface area contributed by atoms with Gasteiger partial charge in [-0.25, -0.2) is 0 Å². The molecule has 1 amide bonds. The lowest BCUT2D eigenvalue weighted by atomic mass is 10.2. The van der Waals surface area contributed by atoms with E-state index in [0.29, 0.717) is 18.4 Å². The molecule has 3 heteroatoms. The fourth-order valence-corrected chi connectivity index (χ4v) is 1.76. The van der Waals surface area contributed by atoms with E-state index in [4.69, 9.17) is 0 Å². The number of carbonyl (C=O) groups is 1. The Morgan fingerprint density at radius 3 is 2.69 bits per heavy atom. The van der Waals surface area contributed by atoms with Crippen molar-refractivity contribution in [2.24, 2.45) is 0 Å². The van der Waals surface area contributed by atoms with Crippen LogP contribution in [0.4, 0.5) is 0 Å². The lowest BCUT2D eigenvalue weighted by Gasteiger charge is -2.20. The number of likely N-dealkylation sites (tertiary alicyclic amines) is 1. The highest BCUT2D eigenvalue weighted by atomic mass is 16.2. The highest BCUT2D eigenvalue weighted by molar-refractivity contribution is 5.76. The quantitative estimate of drug-likeness (QED) is 0.652. The van der Waals surface area contributed by atoms with Crippen molar-refractivity contribution in [1.82, 2.24) is 9.80 Å². The summed E-state index contributed by atoms with van der Waals surface area (Å²) in [5.41, 5.74) is 0. The molecule has 3 nitrogen and oxygen atoms in total. The van der Waals surface area contributed by atoms with Gasteiger partial charge >= 0.3 is 0 Å². The molecule has 0 spiro atoms. The van der Waals surface area contributed by atoms with Crippen molar-refractivity contribution in [3.8, 4) is 0 Å². The van der Waals surface area contributed by atoms with Gasteiger partial charge in [0.05, 0.1) is 0 Å². The maximum atomic E-state index is 11.5. The summed E-state index contributed by atoms with van der Waals surface area (Å²) in [6.07, 6.45) is 2.80. The molecule has 0 aromatic heterocycles. The van der Waals surface area contributed by atoms with Crippen LogP contribution in [0.15, 0.2) is 0 Å². The second-order valence-corrected chi connectivity index (χ2v) is 4.00. The third-order valence-corrected chi connectivity index (χ3v) is 2.71. The average Bonchev–Trinajstić information content (AvgIpc) is 2.52. The van der Waals surface area contributed by atoms with Crippen molar-refractivity contribution in [3.63, 3.8) is 0 Å². The fourth-order valence-electron chi connectivity index (χ4n) is 1.76. The van der Waals surface area contributed by atoms with Gasteiger partial charge in [0.1, 0.15) is 0 Å². The summed E-state index contributed by atoms with van der Waals surface area (Å²) in [5, 5.41) is 0. The standard InChI is InChI=1S/C10H20N2O/c1-4-5-10(13)12-7-6-9(8-12)11(2)3/h9H,4-8H2,1-3H3. The summed E-state index contributed by atoms with van der Waals surface area (Å²) >= 11 is 0. The van der Waals surface area contributed by atoms with Crippen molar-refractivity contribution in [2.75, 3.05) is 27.2 Å². The van der Waals surface area contributed by atoms with Gasteiger partial charge < -0.3 is 9.80 Å². The van der Waals surface area contributed by atoms with Crippen molar-refractivity contribution in [1.29, 1.82) is 0 Å². The van der Waals surface area contributed by atoms with Gasteiger partial charge in [-0.15, -0.1) is 0 Å². The van der Waals surface area contributed by atoms with Crippen LogP contribution in [0.3, 0.4) is 0 Å². The number of carbonyl (C=O) groups excluding carboxylic acids is 1. The van der Waals surface area contributed by atoms with Crippen LogP contribution in [0.25, 0.3) is 0 Å². The minimum Gasteiger partial charge on any atom is -0.341 e. The Kier molecular flexibility index (Phi) is 3.72. The zero-order chi connectivity index (χ0) is 9.84. The third-order valence-electron chi connectivity index (χ3n) is 2.71. The summed E-state index contributed by atoms with van der Waals surface area (Å²) in [6.45, 7) is 3.92. The van der Waals surface area contributed by atoms with Crippen LogP contribution in [0.5, 0.6) is 0 Å². The molecule has 0 bridgehead atoms. The molecule has 1 atom stereocenters. The van der Waals surface area contributed by atoms with E-state index in [0.717, 1.165) is 25.9 Å². The number of likely N-dealkylation sites (N-methyl/N-ethyl adjacent to an activating group) is 1. The van der Waals surface area contributed by atoms with Crippen molar-refractivity contribution in [3.05, 3.63) is 0 Å². The third kappa shape index (κ3) is 2.69. The summed E-state index contributed by atoms with van der Waals surface area (Å²) in [5.74, 6) is 0.326. The summed E-state index contributed by atoms with van der Waals surface area (Å²) < 4.78 is 0. The average molecular weight is 184 g/mol. The molecule has 0 radical (unpaired) electrons. The van der Waals surface area contributed by atoms with E-state index in [1.807, 2.05) is 4.90 Å². The predicted molar refractivity (Wildman–Crippen MR) is 53.6 cm³/mol. The van der Waals surface area contributed by atoms with E-state index in [1.165, 1.54) is 0 Å². The highest BCUT2D eigenvalue weighted by Gasteiger charge is 2.26. The molecule has 0 N–H and O–H groups in total. The Morgan fingerprint density at radius 2 is 2.23 bits per heavy atom. The molecule has 13 heavy (non-hydrogen) atoms. The first-order valence-electron chi connectivity index (χ1n) is 5.09. The molecule has 1 aliphatic rings. The Bertz CT molecular complexity index is 180. The first-order valence-corrected chi connectivity index (χ1v) is 5.09. The maximum Gasteiger partial charge on any atom is 0.222 e. The van der Waals surface area contributed by atoms with Gasteiger partial charge in [-0.2, -0.15) is 0 Å². The molecule has 76 valence electrons. The minimum absolute atomic E-state index is 0.326. The molecule has 1 fully saturated rings. The van der Waals surface area contributed by atoms with Gasteiger partial charge in [-0.05, 0) is 26.9 Å². The molecule has 1 heterocycles. The second kappa shape index (κ2) is 4.61. The maximum absolute atomic E-state index is 11.5. The second-order valence-electron chi connectivity index (χ2n) is 4.00. The van der Waals surface area contributed by atoms with Crippen LogP contribution in [-0.4, -0.2) is 48.9 Å². The van der Waals surface area contributed by atoms with Crippen LogP contribution in [0.2, 0.25) is 0 Å². The molecule has 0 aromatic rings. The summed E-state index contributed by atoms with van der Waals surface area (Å²) in [7, 11) is 4.16. The Balaban J connectivity index is 2.36. The number of rotatable bonds is 3. The lowest BCUT2D eigenvalue weighted by Crippen LogP contribution is -2.34. The normalized spacial score (nSPS) is 22.8. The van der Waals surface area contributed by atoms with E-state index in [2.05, 4.69) is 25.9 Å². The summed E-state index contributed by atoms with van der Waals surface area (Å²) in [6, 6.07) is 0.570. The van der Waals surface area contributed by atoms with Gasteiger partial charge in [0.15, 0.2) is 0 Å². The SMILES string of the molecule is CCCC(=O)N1CCC(N(C)C)C1. The number of amides is 1. The first kappa shape index (κ1) is 10.5. The van der Waals surface area contributed by atoms with E-state index in [-0.39, 0.29) is 0 Å². The van der Waals surface area contributed by atoms with E-state index in [9.17, 15) is 4.79 Å². The van der Waals surface area contributed by atoms with Gasteiger partial charge in [0.25, 0.3) is 0 Å². The van der Waals surface area contributed by atoms with Crippen molar-refractivity contribution in [2.45, 2.75) is 32.2 Å². The largest absolute Gasteiger partial charge is 0.341 e. The molecule has 1 aliphatic heterocycles. The Labute approximate surface area is 80.7 Å². The molecule has 0 aromatic carbocycles. The predicted octanol–water partition coefficient (Wildman–Crippen LogP) is 0.949. The Hall–Kier alpha value is -0.570. The van der Waals surface area contributed by atoms with E-state index < -0.39 is 0 Å². The van der Waals surface area contributed by atoms with E-state index in [1.54, 1.807) is 0 Å². The number of hydrogen-bond donors (Lipinski definition) is 0. The van der Waals surface area contributed by atoms with Crippen LogP contribution >= 0.6 is 0 Å². The minimum atomic E-state index is 0.326. The number of nitrogens with zero attached hydrogens (tertiary/aromatic N) is 2. The molecule has 0 saturated carbocycles. The van der Waals surface area contributed by atoms with Gasteiger partial charge in [-0.3, -0.25) is 4.79 Å². The first-order chi connectivity index (χ1) is 6.15. The summed E-state index contributed by atoms with van der Waals surface area (Å²) in [4.78, 5) is 15.7. The van der Waals surface area contributed by atoms with Crippen LogP contribution in [0, 0.1) is 0 Å². The topological polar surface area (TPSA) is 23.6 Å². The van der Waals surface area contributed by atoms with Crippen molar-refractivity contribution < 1.29 is 4.79 Å². The van der Waals surface area contributed by atoms with Gasteiger partial charge in [0, 0.05) is 25.6 Å². The smallest absolute Gasteiger partial charge is 0.222 e. The molecule has 0 aliphatic carbocycles. The van der Waals surface area contributed by atoms with E-state index >= 15 is 0 Å². The van der Waals surface area contributed by atoms with Crippen LogP contribution in [-0.2, 0) is 4.79 Å². The van der Waals surface area contributed by atoms with Gasteiger partial charge in [-0.1, -0.05) is 6.92 Å². The molecular formula is C10H20N2O. The van der Waals surface area contributed by atoms with Gasteiger partial charge in [0.2, 0.25) is 5.91 Å². The molecular weight excluding hydrogens is 164 g/mol. The zero-order valence-electron chi connectivity index (χ0n) is 8.92. The molecule has 1 unspecified atom stereocenters. The monoisotopic (exact) mass is 184 g/mol. The van der Waals surface area contributed by atoms with Crippen LogP contribution < -0.4 is 0 Å². The zero-order valence-corrected chi connectivity index (χ0v) is 8.92. The Morgan fingerprint density at radius 1 is 1.54 bits per heavy atom. The van der Waals surface area contributed by atoms with Crippen LogP contribution in [0.1, 0.15) is 26.2 Å². The lowest BCUT2D eigenvalue weighted by molar-refractivity contribution is -0.130.